The Hall–Kier alpha value is -1.92. The summed E-state index contributed by atoms with van der Waals surface area (Å²) >= 11 is 0. The summed E-state index contributed by atoms with van der Waals surface area (Å²) in [5.74, 6) is 0.140. The first-order chi connectivity index (χ1) is 12.0. The molecule has 25 heavy (non-hydrogen) atoms. The molecule has 2 saturated heterocycles. The van der Waals surface area contributed by atoms with Crippen molar-refractivity contribution in [3.63, 3.8) is 0 Å². The SMILES string of the molecule is CC(N)C(C)C(=O)N1CCN(C2CCN(c3ccccc3)C2=O)CC1. The van der Waals surface area contributed by atoms with Crippen LogP contribution in [0, 0.1) is 5.92 Å². The number of para-hydroxylation sites is 1. The maximum absolute atomic E-state index is 12.8. The fraction of sp³-hybridized carbons (Fsp3) is 0.579. The lowest BCUT2D eigenvalue weighted by molar-refractivity contribution is -0.137. The number of benzene rings is 1. The van der Waals surface area contributed by atoms with Gasteiger partial charge in [0.2, 0.25) is 11.8 Å². The van der Waals surface area contributed by atoms with Gasteiger partial charge >= 0.3 is 0 Å². The van der Waals surface area contributed by atoms with E-state index in [0.29, 0.717) is 13.1 Å². The third kappa shape index (κ3) is 3.70. The molecule has 136 valence electrons. The molecule has 1 aromatic rings. The first kappa shape index (κ1) is 17.9. The van der Waals surface area contributed by atoms with E-state index < -0.39 is 0 Å². The van der Waals surface area contributed by atoms with Crippen molar-refractivity contribution in [1.82, 2.24) is 9.80 Å². The van der Waals surface area contributed by atoms with Crippen LogP contribution in [0.1, 0.15) is 20.3 Å². The second-order valence-electron chi connectivity index (χ2n) is 7.14. The number of nitrogens with zero attached hydrogens (tertiary/aromatic N) is 3. The van der Waals surface area contributed by atoms with Crippen LogP contribution in [0.5, 0.6) is 0 Å². The molecule has 3 unspecified atom stereocenters. The molecule has 0 aliphatic carbocycles. The predicted octanol–water partition coefficient (Wildman–Crippen LogP) is 0.919. The molecular weight excluding hydrogens is 316 g/mol. The summed E-state index contributed by atoms with van der Waals surface area (Å²) in [7, 11) is 0. The minimum absolute atomic E-state index is 0.0664. The first-order valence-electron chi connectivity index (χ1n) is 9.14. The van der Waals surface area contributed by atoms with Crippen molar-refractivity contribution in [3.8, 4) is 0 Å². The Morgan fingerprint density at radius 2 is 1.72 bits per heavy atom. The number of carbonyl (C=O) groups is 2. The number of nitrogens with two attached hydrogens (primary N) is 1. The fourth-order valence-corrected chi connectivity index (χ4v) is 3.63. The predicted molar refractivity (Wildman–Crippen MR) is 98.2 cm³/mol. The van der Waals surface area contributed by atoms with Crippen molar-refractivity contribution >= 4 is 17.5 Å². The van der Waals surface area contributed by atoms with Crippen molar-refractivity contribution < 1.29 is 9.59 Å². The highest BCUT2D eigenvalue weighted by Crippen LogP contribution is 2.25. The number of amides is 2. The summed E-state index contributed by atoms with van der Waals surface area (Å²) in [6.45, 7) is 7.35. The zero-order chi connectivity index (χ0) is 18.0. The van der Waals surface area contributed by atoms with E-state index >= 15 is 0 Å². The minimum Gasteiger partial charge on any atom is -0.340 e. The molecule has 0 aromatic heterocycles. The van der Waals surface area contributed by atoms with Crippen molar-refractivity contribution in [2.75, 3.05) is 37.6 Å². The maximum atomic E-state index is 12.8. The number of anilines is 1. The highest BCUT2D eigenvalue weighted by atomic mass is 16.2. The lowest BCUT2D eigenvalue weighted by Crippen LogP contribution is -2.55. The molecule has 3 rings (SSSR count). The number of hydrogen-bond donors (Lipinski definition) is 1. The van der Waals surface area contributed by atoms with Gasteiger partial charge in [-0.25, -0.2) is 0 Å². The van der Waals surface area contributed by atoms with Crippen LogP contribution in [0.2, 0.25) is 0 Å². The van der Waals surface area contributed by atoms with Gasteiger partial charge in [-0.1, -0.05) is 25.1 Å². The second kappa shape index (κ2) is 7.54. The van der Waals surface area contributed by atoms with Gasteiger partial charge in [0.25, 0.3) is 0 Å². The average molecular weight is 344 g/mol. The Kier molecular flexibility index (Phi) is 5.39. The second-order valence-corrected chi connectivity index (χ2v) is 7.14. The molecule has 2 aliphatic heterocycles. The Morgan fingerprint density at radius 1 is 1.08 bits per heavy atom. The molecule has 2 fully saturated rings. The van der Waals surface area contributed by atoms with E-state index in [2.05, 4.69) is 4.90 Å². The molecule has 6 nitrogen and oxygen atoms in total. The summed E-state index contributed by atoms with van der Waals surface area (Å²) in [6, 6.07) is 9.63. The normalized spacial score (nSPS) is 24.4. The Labute approximate surface area is 149 Å². The summed E-state index contributed by atoms with van der Waals surface area (Å²) in [5.41, 5.74) is 6.82. The maximum Gasteiger partial charge on any atom is 0.244 e. The standard InChI is InChI=1S/C19H28N4O2/c1-14(15(2)20)18(24)22-12-10-21(11-13-22)17-8-9-23(19(17)25)16-6-4-3-5-7-16/h3-7,14-15,17H,8-13,20H2,1-2H3. The largest absolute Gasteiger partial charge is 0.340 e. The average Bonchev–Trinajstić information content (AvgIpc) is 3.02. The molecule has 2 amide bonds. The molecule has 2 heterocycles. The third-order valence-electron chi connectivity index (χ3n) is 5.49. The van der Waals surface area contributed by atoms with Crippen molar-refractivity contribution in [1.29, 1.82) is 0 Å². The van der Waals surface area contributed by atoms with Gasteiger partial charge in [-0.2, -0.15) is 0 Å². The molecule has 0 bridgehead atoms. The van der Waals surface area contributed by atoms with Crippen LogP contribution < -0.4 is 10.6 Å². The van der Waals surface area contributed by atoms with Crippen LogP contribution in [0.15, 0.2) is 30.3 Å². The van der Waals surface area contributed by atoms with Crippen molar-refractivity contribution in [2.24, 2.45) is 11.7 Å². The highest BCUT2D eigenvalue weighted by Gasteiger charge is 2.38. The van der Waals surface area contributed by atoms with E-state index in [1.165, 1.54) is 0 Å². The zero-order valence-electron chi connectivity index (χ0n) is 15.1. The molecule has 0 spiro atoms. The highest BCUT2D eigenvalue weighted by molar-refractivity contribution is 5.99. The number of rotatable bonds is 4. The molecular formula is C19H28N4O2. The fourth-order valence-electron chi connectivity index (χ4n) is 3.63. The Balaban J connectivity index is 1.57. The molecule has 2 N–H and O–H groups in total. The van der Waals surface area contributed by atoms with Crippen LogP contribution in [0.25, 0.3) is 0 Å². The van der Waals surface area contributed by atoms with E-state index in [0.717, 1.165) is 31.7 Å². The van der Waals surface area contributed by atoms with Crippen LogP contribution in [0.4, 0.5) is 5.69 Å². The molecule has 2 aliphatic rings. The summed E-state index contributed by atoms with van der Waals surface area (Å²) in [4.78, 5) is 31.2. The minimum atomic E-state index is -0.159. The van der Waals surface area contributed by atoms with Gasteiger partial charge in [-0.05, 0) is 25.5 Å². The molecule has 0 radical (unpaired) electrons. The summed E-state index contributed by atoms with van der Waals surface area (Å²) in [5, 5.41) is 0. The Morgan fingerprint density at radius 3 is 2.32 bits per heavy atom. The summed E-state index contributed by atoms with van der Waals surface area (Å²) in [6.07, 6.45) is 0.845. The molecule has 6 heteroatoms. The van der Waals surface area contributed by atoms with Gasteiger partial charge in [-0.15, -0.1) is 0 Å². The topological polar surface area (TPSA) is 69.9 Å². The van der Waals surface area contributed by atoms with E-state index in [1.807, 2.05) is 54.0 Å². The van der Waals surface area contributed by atoms with E-state index in [1.54, 1.807) is 0 Å². The van der Waals surface area contributed by atoms with Crippen LogP contribution >= 0.6 is 0 Å². The lowest BCUT2D eigenvalue weighted by atomic mass is 10.0. The van der Waals surface area contributed by atoms with Gasteiger partial charge in [0.1, 0.15) is 0 Å². The van der Waals surface area contributed by atoms with Crippen LogP contribution in [-0.4, -0.2) is 66.4 Å². The third-order valence-corrected chi connectivity index (χ3v) is 5.49. The van der Waals surface area contributed by atoms with E-state index in [4.69, 9.17) is 5.73 Å². The van der Waals surface area contributed by atoms with Crippen LogP contribution in [-0.2, 0) is 9.59 Å². The van der Waals surface area contributed by atoms with Crippen molar-refractivity contribution in [2.45, 2.75) is 32.4 Å². The summed E-state index contributed by atoms with van der Waals surface area (Å²) < 4.78 is 0. The van der Waals surface area contributed by atoms with Gasteiger partial charge < -0.3 is 15.5 Å². The first-order valence-corrected chi connectivity index (χ1v) is 9.14. The number of carbonyl (C=O) groups excluding carboxylic acids is 2. The molecule has 3 atom stereocenters. The Bertz CT molecular complexity index is 611. The quantitative estimate of drug-likeness (QED) is 0.882. The van der Waals surface area contributed by atoms with Gasteiger partial charge in [0, 0.05) is 44.5 Å². The zero-order valence-corrected chi connectivity index (χ0v) is 15.1. The molecule has 0 saturated carbocycles. The van der Waals surface area contributed by atoms with E-state index in [9.17, 15) is 9.59 Å². The van der Waals surface area contributed by atoms with Gasteiger partial charge in [0.15, 0.2) is 0 Å². The van der Waals surface area contributed by atoms with Gasteiger partial charge in [0.05, 0.1) is 12.0 Å². The monoisotopic (exact) mass is 344 g/mol. The molecule has 1 aromatic carbocycles. The van der Waals surface area contributed by atoms with Crippen molar-refractivity contribution in [3.05, 3.63) is 30.3 Å². The lowest BCUT2D eigenvalue weighted by Gasteiger charge is -2.38. The smallest absolute Gasteiger partial charge is 0.244 e. The number of hydrogen-bond acceptors (Lipinski definition) is 4. The van der Waals surface area contributed by atoms with E-state index in [-0.39, 0.29) is 29.8 Å². The van der Waals surface area contributed by atoms with Crippen LogP contribution in [0.3, 0.4) is 0 Å². The number of piperazine rings is 1. The van der Waals surface area contributed by atoms with Gasteiger partial charge in [-0.3, -0.25) is 14.5 Å².